The molecule has 2 aliphatic rings. The van der Waals surface area contributed by atoms with Crippen molar-refractivity contribution in [3.8, 4) is 11.1 Å². The third kappa shape index (κ3) is 4.08. The molecule has 1 saturated carbocycles. The second kappa shape index (κ2) is 8.53. The topological polar surface area (TPSA) is 83.1 Å². The zero-order valence-corrected chi connectivity index (χ0v) is 17.0. The zero-order valence-electron chi connectivity index (χ0n) is 17.0. The fourth-order valence-electron chi connectivity index (χ4n) is 4.67. The lowest BCUT2D eigenvalue weighted by molar-refractivity contribution is -0.121. The Hall–Kier alpha value is -2.77. The van der Waals surface area contributed by atoms with Gasteiger partial charge >= 0.3 is 0 Å². The number of nitrogens with one attached hydrogen (secondary N) is 2. The molecule has 0 atom stereocenters. The summed E-state index contributed by atoms with van der Waals surface area (Å²) in [7, 11) is 0. The van der Waals surface area contributed by atoms with Crippen LogP contribution in [0.5, 0.6) is 0 Å². The van der Waals surface area contributed by atoms with Gasteiger partial charge in [0.25, 0.3) is 0 Å². The van der Waals surface area contributed by atoms with E-state index in [1.807, 2.05) is 24.5 Å². The van der Waals surface area contributed by atoms with Crippen molar-refractivity contribution in [2.45, 2.75) is 31.7 Å². The molecule has 3 heterocycles. The Labute approximate surface area is 175 Å². The highest BCUT2D eigenvalue weighted by molar-refractivity contribution is 5.95. The van der Waals surface area contributed by atoms with E-state index in [1.165, 1.54) is 0 Å². The Bertz CT molecular complexity index is 1010. The van der Waals surface area contributed by atoms with Crippen molar-refractivity contribution in [2.75, 3.05) is 31.6 Å². The molecule has 1 aliphatic carbocycles. The number of benzene rings is 1. The summed E-state index contributed by atoms with van der Waals surface area (Å²) in [6.07, 6.45) is 9.53. The van der Waals surface area contributed by atoms with Gasteiger partial charge in [-0.1, -0.05) is 12.1 Å². The van der Waals surface area contributed by atoms with E-state index in [0.29, 0.717) is 11.9 Å². The molecule has 7 nitrogen and oxygen atoms in total. The van der Waals surface area contributed by atoms with E-state index >= 15 is 0 Å². The number of nitrogens with zero attached hydrogens (tertiary/aromatic N) is 3. The SMILES string of the molecule is O=C(Nc1cc2cc(-c3cn[nH]c3)ccc2cn1)[C@H]1CC[C@H](N2CCOCC2)CC1. The van der Waals surface area contributed by atoms with Crippen LogP contribution in [0.4, 0.5) is 5.82 Å². The van der Waals surface area contributed by atoms with Crippen molar-refractivity contribution in [1.29, 1.82) is 0 Å². The maximum atomic E-state index is 12.8. The molecule has 1 aliphatic heterocycles. The number of ether oxygens (including phenoxy) is 1. The van der Waals surface area contributed by atoms with E-state index < -0.39 is 0 Å². The van der Waals surface area contributed by atoms with Gasteiger partial charge in [-0.05, 0) is 48.8 Å². The number of hydrogen-bond donors (Lipinski definition) is 2. The minimum Gasteiger partial charge on any atom is -0.379 e. The number of rotatable bonds is 4. The van der Waals surface area contributed by atoms with Crippen molar-refractivity contribution < 1.29 is 9.53 Å². The molecular weight excluding hydrogens is 378 g/mol. The molecule has 1 saturated heterocycles. The summed E-state index contributed by atoms with van der Waals surface area (Å²) in [6, 6.07) is 8.75. The fraction of sp³-hybridized carbons (Fsp3) is 0.435. The quantitative estimate of drug-likeness (QED) is 0.695. The van der Waals surface area contributed by atoms with Crippen LogP contribution in [0.25, 0.3) is 21.9 Å². The molecule has 2 fully saturated rings. The number of pyridine rings is 1. The summed E-state index contributed by atoms with van der Waals surface area (Å²) in [5, 5.41) is 12.0. The number of amides is 1. The van der Waals surface area contributed by atoms with Gasteiger partial charge in [0.15, 0.2) is 0 Å². The molecule has 156 valence electrons. The first-order chi connectivity index (χ1) is 14.8. The molecule has 0 bridgehead atoms. The molecule has 30 heavy (non-hydrogen) atoms. The van der Waals surface area contributed by atoms with Gasteiger partial charge in [-0.3, -0.25) is 14.8 Å². The lowest BCUT2D eigenvalue weighted by Gasteiger charge is -2.38. The van der Waals surface area contributed by atoms with Crippen LogP contribution in [0.2, 0.25) is 0 Å². The van der Waals surface area contributed by atoms with Crippen molar-refractivity contribution in [1.82, 2.24) is 20.1 Å². The van der Waals surface area contributed by atoms with E-state index in [-0.39, 0.29) is 11.8 Å². The van der Waals surface area contributed by atoms with Crippen LogP contribution in [0.15, 0.2) is 42.9 Å². The van der Waals surface area contributed by atoms with E-state index in [1.54, 1.807) is 6.20 Å². The van der Waals surface area contributed by atoms with Crippen LogP contribution < -0.4 is 5.32 Å². The third-order valence-electron chi connectivity index (χ3n) is 6.43. The summed E-state index contributed by atoms with van der Waals surface area (Å²) in [4.78, 5) is 19.8. The van der Waals surface area contributed by atoms with E-state index in [0.717, 1.165) is 73.9 Å². The molecule has 2 aromatic heterocycles. The summed E-state index contributed by atoms with van der Waals surface area (Å²) in [5.74, 6) is 0.775. The van der Waals surface area contributed by atoms with Crippen molar-refractivity contribution >= 4 is 22.5 Å². The Kier molecular flexibility index (Phi) is 5.46. The molecule has 0 unspecified atom stereocenters. The minimum atomic E-state index is 0.0667. The summed E-state index contributed by atoms with van der Waals surface area (Å²) >= 11 is 0. The molecule has 3 aromatic rings. The molecule has 1 amide bonds. The lowest BCUT2D eigenvalue weighted by Crippen LogP contribution is -2.45. The molecule has 1 aromatic carbocycles. The lowest BCUT2D eigenvalue weighted by atomic mass is 9.84. The normalized spacial score (nSPS) is 22.8. The largest absolute Gasteiger partial charge is 0.379 e. The maximum Gasteiger partial charge on any atom is 0.228 e. The molecule has 0 radical (unpaired) electrons. The Morgan fingerprint density at radius 2 is 1.87 bits per heavy atom. The van der Waals surface area contributed by atoms with Gasteiger partial charge in [0.2, 0.25) is 5.91 Å². The highest BCUT2D eigenvalue weighted by Crippen LogP contribution is 2.30. The first kappa shape index (κ1) is 19.2. The number of carbonyl (C=O) groups excluding carboxylic acids is 1. The average molecular weight is 406 g/mol. The third-order valence-corrected chi connectivity index (χ3v) is 6.43. The number of aromatic nitrogens is 3. The Morgan fingerprint density at radius 1 is 1.03 bits per heavy atom. The fourth-order valence-corrected chi connectivity index (χ4v) is 4.67. The standard InChI is InChI=1S/C23H27N5O2/c29-23(16-3-5-21(6-4-16)28-7-9-30-10-8-28)27-22-12-19-11-17(20-14-25-26-15-20)1-2-18(19)13-24-22/h1-2,11-16,21H,3-10H2,(H,25,26)(H,24,27,29)/t16-,21-. The smallest absolute Gasteiger partial charge is 0.228 e. The minimum absolute atomic E-state index is 0.0667. The maximum absolute atomic E-state index is 12.8. The number of hydrogen-bond acceptors (Lipinski definition) is 5. The van der Waals surface area contributed by atoms with Crippen LogP contribution in [0, 0.1) is 5.92 Å². The number of H-pyrrole nitrogens is 1. The van der Waals surface area contributed by atoms with E-state index in [2.05, 4.69) is 37.5 Å². The number of aromatic amines is 1. The van der Waals surface area contributed by atoms with E-state index in [4.69, 9.17) is 4.74 Å². The van der Waals surface area contributed by atoms with Crippen molar-refractivity contribution in [3.63, 3.8) is 0 Å². The van der Waals surface area contributed by atoms with Crippen LogP contribution in [-0.4, -0.2) is 58.3 Å². The van der Waals surface area contributed by atoms with Gasteiger partial charge in [-0.2, -0.15) is 5.10 Å². The molecule has 2 N–H and O–H groups in total. The van der Waals surface area contributed by atoms with Crippen LogP contribution >= 0.6 is 0 Å². The number of morpholine rings is 1. The van der Waals surface area contributed by atoms with Gasteiger partial charge in [0.1, 0.15) is 5.82 Å². The first-order valence-electron chi connectivity index (χ1n) is 10.8. The molecule has 5 rings (SSSR count). The Balaban J connectivity index is 1.23. The Morgan fingerprint density at radius 3 is 2.63 bits per heavy atom. The number of carbonyl (C=O) groups is 1. The molecule has 0 spiro atoms. The van der Waals surface area contributed by atoms with Crippen molar-refractivity contribution in [3.05, 3.63) is 42.9 Å². The highest BCUT2D eigenvalue weighted by Gasteiger charge is 2.30. The summed E-state index contributed by atoms with van der Waals surface area (Å²) < 4.78 is 5.46. The number of anilines is 1. The van der Waals surface area contributed by atoms with Gasteiger partial charge in [-0.25, -0.2) is 4.98 Å². The van der Waals surface area contributed by atoms with Gasteiger partial charge in [0.05, 0.1) is 19.4 Å². The molecule has 7 heteroatoms. The van der Waals surface area contributed by atoms with E-state index in [9.17, 15) is 4.79 Å². The van der Waals surface area contributed by atoms with Crippen LogP contribution in [-0.2, 0) is 9.53 Å². The summed E-state index contributed by atoms with van der Waals surface area (Å²) in [6.45, 7) is 3.69. The first-order valence-corrected chi connectivity index (χ1v) is 10.8. The van der Waals surface area contributed by atoms with Crippen LogP contribution in [0.1, 0.15) is 25.7 Å². The van der Waals surface area contributed by atoms with Crippen molar-refractivity contribution in [2.24, 2.45) is 5.92 Å². The summed E-state index contributed by atoms with van der Waals surface area (Å²) in [5.41, 5.74) is 2.12. The predicted molar refractivity (Wildman–Crippen MR) is 116 cm³/mol. The monoisotopic (exact) mass is 405 g/mol. The molecular formula is C23H27N5O2. The van der Waals surface area contributed by atoms with Gasteiger partial charge in [-0.15, -0.1) is 0 Å². The van der Waals surface area contributed by atoms with Crippen LogP contribution in [0.3, 0.4) is 0 Å². The number of fused-ring (bicyclic) bond motifs is 1. The zero-order chi connectivity index (χ0) is 20.3. The van der Waals surface area contributed by atoms with Gasteiger partial charge < -0.3 is 10.1 Å². The predicted octanol–water partition coefficient (Wildman–Crippen LogP) is 3.45. The second-order valence-electron chi connectivity index (χ2n) is 8.26. The second-order valence-corrected chi connectivity index (χ2v) is 8.26. The average Bonchev–Trinajstić information content (AvgIpc) is 3.34. The van der Waals surface area contributed by atoms with Gasteiger partial charge in [0, 0.05) is 48.4 Å². The highest BCUT2D eigenvalue weighted by atomic mass is 16.5.